The maximum atomic E-state index is 12.7. The second-order valence-corrected chi connectivity index (χ2v) is 4.61. The van der Waals surface area contributed by atoms with Gasteiger partial charge in [-0.05, 0) is 48.9 Å². The fourth-order valence-corrected chi connectivity index (χ4v) is 1.69. The molecule has 0 saturated carbocycles. The summed E-state index contributed by atoms with van der Waals surface area (Å²) in [7, 11) is 0. The van der Waals surface area contributed by atoms with Gasteiger partial charge in [0.05, 0.1) is 0 Å². The third-order valence-electron chi connectivity index (χ3n) is 2.78. The van der Waals surface area contributed by atoms with E-state index < -0.39 is 17.6 Å². The molecular formula is C16H15FN2O3. The summed E-state index contributed by atoms with van der Waals surface area (Å²) in [5.41, 5.74) is 5.70. The number of rotatable bonds is 4. The zero-order valence-corrected chi connectivity index (χ0v) is 11.9. The molecule has 0 fully saturated rings. The van der Waals surface area contributed by atoms with Gasteiger partial charge in [0.1, 0.15) is 11.6 Å². The van der Waals surface area contributed by atoms with Crippen molar-refractivity contribution in [3.8, 4) is 5.75 Å². The van der Waals surface area contributed by atoms with Crippen molar-refractivity contribution in [2.24, 2.45) is 0 Å². The fraction of sp³-hybridized carbons (Fsp3) is 0.125. The number of hydrogen-bond acceptors (Lipinski definition) is 3. The van der Waals surface area contributed by atoms with Crippen LogP contribution in [0.5, 0.6) is 5.75 Å². The second kappa shape index (κ2) is 7.21. The van der Waals surface area contributed by atoms with Gasteiger partial charge in [0.25, 0.3) is 11.8 Å². The minimum absolute atomic E-state index is 0.229. The molecule has 0 unspecified atom stereocenters. The van der Waals surface area contributed by atoms with E-state index in [1.54, 1.807) is 12.1 Å². The molecule has 22 heavy (non-hydrogen) atoms. The van der Waals surface area contributed by atoms with Crippen LogP contribution in [0.3, 0.4) is 0 Å². The van der Waals surface area contributed by atoms with Crippen LogP contribution in [0.1, 0.15) is 15.9 Å². The third-order valence-corrected chi connectivity index (χ3v) is 2.78. The van der Waals surface area contributed by atoms with Gasteiger partial charge in [-0.1, -0.05) is 12.1 Å². The van der Waals surface area contributed by atoms with Gasteiger partial charge in [-0.25, -0.2) is 4.39 Å². The molecule has 2 amide bonds. The van der Waals surface area contributed by atoms with Crippen LogP contribution in [0.4, 0.5) is 4.39 Å². The van der Waals surface area contributed by atoms with E-state index in [-0.39, 0.29) is 12.2 Å². The molecule has 0 bridgehead atoms. The lowest BCUT2D eigenvalue weighted by molar-refractivity contribution is -0.123. The van der Waals surface area contributed by atoms with Crippen LogP contribution < -0.4 is 15.6 Å². The first-order valence-corrected chi connectivity index (χ1v) is 6.59. The van der Waals surface area contributed by atoms with E-state index in [1.807, 2.05) is 19.1 Å². The van der Waals surface area contributed by atoms with E-state index >= 15 is 0 Å². The molecule has 0 atom stereocenters. The lowest BCUT2D eigenvalue weighted by Gasteiger charge is -2.09. The highest BCUT2D eigenvalue weighted by atomic mass is 19.1. The zero-order valence-electron chi connectivity index (χ0n) is 11.9. The van der Waals surface area contributed by atoms with E-state index in [9.17, 15) is 14.0 Å². The minimum Gasteiger partial charge on any atom is -0.484 e. The van der Waals surface area contributed by atoms with E-state index in [2.05, 4.69) is 10.9 Å². The highest BCUT2D eigenvalue weighted by molar-refractivity contribution is 5.95. The Labute approximate surface area is 127 Å². The number of benzene rings is 2. The Morgan fingerprint density at radius 2 is 1.82 bits per heavy atom. The van der Waals surface area contributed by atoms with Crippen LogP contribution in [0.15, 0.2) is 48.5 Å². The zero-order chi connectivity index (χ0) is 15.9. The smallest absolute Gasteiger partial charge is 0.276 e. The Bertz CT molecular complexity index is 671. The number of carbonyl (C=O) groups excluding carboxylic acids is 2. The molecule has 0 heterocycles. The monoisotopic (exact) mass is 302 g/mol. The molecule has 0 aliphatic rings. The highest BCUT2D eigenvalue weighted by Gasteiger charge is 2.08. The Hall–Kier alpha value is -2.89. The summed E-state index contributed by atoms with van der Waals surface area (Å²) in [5.74, 6) is -0.909. The van der Waals surface area contributed by atoms with Gasteiger partial charge >= 0.3 is 0 Å². The van der Waals surface area contributed by atoms with Crippen molar-refractivity contribution in [1.82, 2.24) is 10.9 Å². The van der Waals surface area contributed by atoms with Crippen LogP contribution >= 0.6 is 0 Å². The number of hydrogen-bond donors (Lipinski definition) is 2. The molecule has 5 nitrogen and oxygen atoms in total. The Kier molecular flexibility index (Phi) is 5.08. The van der Waals surface area contributed by atoms with Crippen molar-refractivity contribution < 1.29 is 18.7 Å². The number of nitrogens with one attached hydrogen (secondary N) is 2. The molecule has 2 rings (SSSR count). The number of amides is 2. The van der Waals surface area contributed by atoms with Crippen LogP contribution in [-0.2, 0) is 4.79 Å². The topological polar surface area (TPSA) is 67.4 Å². The van der Waals surface area contributed by atoms with Gasteiger partial charge in [0, 0.05) is 5.56 Å². The molecule has 2 aromatic carbocycles. The number of hydrazine groups is 1. The summed E-state index contributed by atoms with van der Waals surface area (Å²) in [5, 5.41) is 0. The Morgan fingerprint density at radius 3 is 2.50 bits per heavy atom. The highest BCUT2D eigenvalue weighted by Crippen LogP contribution is 2.11. The standard InChI is InChI=1S/C16H15FN2O3/c1-11-3-2-4-14(9-11)22-10-15(20)18-19-16(21)12-5-7-13(17)8-6-12/h2-9H,10H2,1H3,(H,18,20)(H,19,21). The van der Waals surface area contributed by atoms with E-state index in [0.717, 1.165) is 17.7 Å². The van der Waals surface area contributed by atoms with Gasteiger partial charge in [0.2, 0.25) is 0 Å². The molecule has 0 spiro atoms. The number of carbonyl (C=O) groups is 2. The maximum Gasteiger partial charge on any atom is 0.276 e. The summed E-state index contributed by atoms with van der Waals surface area (Å²) in [6.45, 7) is 1.68. The van der Waals surface area contributed by atoms with Crippen LogP contribution in [0, 0.1) is 12.7 Å². The summed E-state index contributed by atoms with van der Waals surface area (Å²) in [6, 6.07) is 12.2. The molecule has 0 aliphatic carbocycles. The van der Waals surface area contributed by atoms with Crippen LogP contribution in [-0.4, -0.2) is 18.4 Å². The van der Waals surface area contributed by atoms with E-state index in [4.69, 9.17) is 4.74 Å². The number of halogens is 1. The van der Waals surface area contributed by atoms with Crippen LogP contribution in [0.25, 0.3) is 0 Å². The third kappa shape index (κ3) is 4.59. The molecule has 114 valence electrons. The van der Waals surface area contributed by atoms with E-state index in [1.165, 1.54) is 12.1 Å². The molecule has 0 aromatic heterocycles. The Balaban J connectivity index is 1.78. The average molecular weight is 302 g/mol. The largest absolute Gasteiger partial charge is 0.484 e. The number of ether oxygens (including phenoxy) is 1. The summed E-state index contributed by atoms with van der Waals surface area (Å²) < 4.78 is 18.0. The van der Waals surface area contributed by atoms with Crippen molar-refractivity contribution in [2.45, 2.75) is 6.92 Å². The normalized spacial score (nSPS) is 9.91. The first-order chi connectivity index (χ1) is 10.5. The number of aryl methyl sites for hydroxylation is 1. The van der Waals surface area contributed by atoms with Crippen molar-refractivity contribution in [3.63, 3.8) is 0 Å². The first kappa shape index (κ1) is 15.5. The summed E-state index contributed by atoms with van der Waals surface area (Å²) >= 11 is 0. The quantitative estimate of drug-likeness (QED) is 0.849. The second-order valence-electron chi connectivity index (χ2n) is 4.61. The predicted molar refractivity (Wildman–Crippen MR) is 78.7 cm³/mol. The van der Waals surface area contributed by atoms with Gasteiger partial charge < -0.3 is 4.74 Å². The van der Waals surface area contributed by atoms with Crippen molar-refractivity contribution in [1.29, 1.82) is 0 Å². The first-order valence-electron chi connectivity index (χ1n) is 6.59. The fourth-order valence-electron chi connectivity index (χ4n) is 1.69. The Morgan fingerprint density at radius 1 is 1.09 bits per heavy atom. The van der Waals surface area contributed by atoms with Gasteiger partial charge in [-0.2, -0.15) is 0 Å². The van der Waals surface area contributed by atoms with Crippen molar-refractivity contribution in [3.05, 3.63) is 65.5 Å². The van der Waals surface area contributed by atoms with Gasteiger partial charge in [-0.3, -0.25) is 20.4 Å². The average Bonchev–Trinajstić information content (AvgIpc) is 2.51. The van der Waals surface area contributed by atoms with Gasteiger partial charge in [0.15, 0.2) is 6.61 Å². The van der Waals surface area contributed by atoms with E-state index in [0.29, 0.717) is 5.75 Å². The predicted octanol–water partition coefficient (Wildman–Crippen LogP) is 1.97. The SMILES string of the molecule is Cc1cccc(OCC(=O)NNC(=O)c2ccc(F)cc2)c1. The molecule has 6 heteroatoms. The lowest BCUT2D eigenvalue weighted by atomic mass is 10.2. The molecule has 0 aliphatic heterocycles. The molecule has 2 aromatic rings. The van der Waals surface area contributed by atoms with Crippen molar-refractivity contribution >= 4 is 11.8 Å². The summed E-state index contributed by atoms with van der Waals surface area (Å²) in [6.07, 6.45) is 0. The lowest BCUT2D eigenvalue weighted by Crippen LogP contribution is -2.43. The van der Waals surface area contributed by atoms with Crippen LogP contribution in [0.2, 0.25) is 0 Å². The molecular weight excluding hydrogens is 287 g/mol. The molecule has 0 saturated heterocycles. The molecule has 2 N–H and O–H groups in total. The van der Waals surface area contributed by atoms with Gasteiger partial charge in [-0.15, -0.1) is 0 Å². The maximum absolute atomic E-state index is 12.7. The van der Waals surface area contributed by atoms with Crippen molar-refractivity contribution in [2.75, 3.05) is 6.61 Å². The summed E-state index contributed by atoms with van der Waals surface area (Å²) in [4.78, 5) is 23.3. The molecule has 0 radical (unpaired) electrons. The minimum atomic E-state index is -0.538.